The summed E-state index contributed by atoms with van der Waals surface area (Å²) in [7, 11) is 0. The standard InChI is InChI=1S/C13H19NO2/c1-2-16-13-5-3-4-12(8-13)14-7-6-11(9-14)10-15/h3-5,8,11,15H,2,6-7,9-10H2,1H3/t11-/m1/s1. The molecule has 1 aliphatic rings. The summed E-state index contributed by atoms with van der Waals surface area (Å²) in [6, 6.07) is 8.17. The van der Waals surface area contributed by atoms with Gasteiger partial charge in [0.1, 0.15) is 5.75 Å². The summed E-state index contributed by atoms with van der Waals surface area (Å²) in [6.07, 6.45) is 1.08. The van der Waals surface area contributed by atoms with Gasteiger partial charge in [0, 0.05) is 37.4 Å². The lowest BCUT2D eigenvalue weighted by atomic mass is 10.1. The third kappa shape index (κ3) is 2.47. The number of aliphatic hydroxyl groups excluding tert-OH is 1. The van der Waals surface area contributed by atoms with Crippen molar-refractivity contribution in [3.05, 3.63) is 24.3 Å². The van der Waals surface area contributed by atoms with Crippen LogP contribution in [0.5, 0.6) is 5.75 Å². The molecule has 1 heterocycles. The van der Waals surface area contributed by atoms with E-state index in [9.17, 15) is 0 Å². The summed E-state index contributed by atoms with van der Waals surface area (Å²) in [5, 5.41) is 9.12. The Morgan fingerprint density at radius 2 is 2.38 bits per heavy atom. The van der Waals surface area contributed by atoms with Crippen molar-refractivity contribution in [2.75, 3.05) is 31.2 Å². The zero-order valence-corrected chi connectivity index (χ0v) is 9.72. The van der Waals surface area contributed by atoms with E-state index in [0.717, 1.165) is 25.3 Å². The predicted octanol–water partition coefficient (Wildman–Crippen LogP) is 1.90. The monoisotopic (exact) mass is 221 g/mol. The maximum Gasteiger partial charge on any atom is 0.121 e. The fourth-order valence-electron chi connectivity index (χ4n) is 2.15. The summed E-state index contributed by atoms with van der Waals surface area (Å²) in [6.45, 7) is 4.96. The number of aliphatic hydroxyl groups is 1. The summed E-state index contributed by atoms with van der Waals surface area (Å²) in [4.78, 5) is 2.31. The molecule has 88 valence electrons. The molecule has 0 saturated carbocycles. The van der Waals surface area contributed by atoms with Gasteiger partial charge in [-0.1, -0.05) is 6.07 Å². The third-order valence-corrected chi connectivity index (χ3v) is 3.04. The predicted molar refractivity (Wildman–Crippen MR) is 65.0 cm³/mol. The Kier molecular flexibility index (Phi) is 3.67. The molecule has 3 heteroatoms. The van der Waals surface area contributed by atoms with Gasteiger partial charge in [-0.25, -0.2) is 0 Å². The SMILES string of the molecule is CCOc1cccc(N2CC[C@@H](CO)C2)c1. The lowest BCUT2D eigenvalue weighted by molar-refractivity contribution is 0.238. The fraction of sp³-hybridized carbons (Fsp3) is 0.538. The van der Waals surface area contributed by atoms with Crippen LogP contribution in [0.3, 0.4) is 0 Å². The smallest absolute Gasteiger partial charge is 0.121 e. The Labute approximate surface area is 96.6 Å². The van der Waals surface area contributed by atoms with Crippen LogP contribution in [0.2, 0.25) is 0 Å². The molecule has 3 nitrogen and oxygen atoms in total. The van der Waals surface area contributed by atoms with Crippen LogP contribution in [-0.2, 0) is 0 Å². The minimum absolute atomic E-state index is 0.293. The van der Waals surface area contributed by atoms with E-state index in [-0.39, 0.29) is 0 Å². The zero-order valence-electron chi connectivity index (χ0n) is 9.72. The second-order valence-corrected chi connectivity index (χ2v) is 4.21. The third-order valence-electron chi connectivity index (χ3n) is 3.04. The molecule has 0 radical (unpaired) electrons. The van der Waals surface area contributed by atoms with E-state index < -0.39 is 0 Å². The van der Waals surface area contributed by atoms with Gasteiger partial charge in [0.05, 0.1) is 6.61 Å². The minimum Gasteiger partial charge on any atom is -0.494 e. The molecule has 0 spiro atoms. The first kappa shape index (κ1) is 11.3. The van der Waals surface area contributed by atoms with Gasteiger partial charge >= 0.3 is 0 Å². The van der Waals surface area contributed by atoms with Crippen molar-refractivity contribution in [3.8, 4) is 5.75 Å². The molecule has 1 aliphatic heterocycles. The second kappa shape index (κ2) is 5.21. The van der Waals surface area contributed by atoms with Crippen molar-refractivity contribution >= 4 is 5.69 Å². The summed E-state index contributed by atoms with van der Waals surface area (Å²) >= 11 is 0. The Balaban J connectivity index is 2.06. The minimum atomic E-state index is 0.293. The Morgan fingerprint density at radius 1 is 1.50 bits per heavy atom. The van der Waals surface area contributed by atoms with Crippen molar-refractivity contribution < 1.29 is 9.84 Å². The average Bonchev–Trinajstić information content (AvgIpc) is 2.78. The van der Waals surface area contributed by atoms with E-state index in [0.29, 0.717) is 19.1 Å². The van der Waals surface area contributed by atoms with Gasteiger partial charge in [-0.15, -0.1) is 0 Å². The van der Waals surface area contributed by atoms with Crippen LogP contribution in [0.4, 0.5) is 5.69 Å². The first-order chi connectivity index (χ1) is 7.83. The summed E-state index contributed by atoms with van der Waals surface area (Å²) < 4.78 is 5.48. The van der Waals surface area contributed by atoms with E-state index in [2.05, 4.69) is 17.0 Å². The molecule has 1 fully saturated rings. The lowest BCUT2D eigenvalue weighted by Gasteiger charge is -2.19. The molecule has 0 aliphatic carbocycles. The highest BCUT2D eigenvalue weighted by atomic mass is 16.5. The van der Waals surface area contributed by atoms with E-state index in [1.54, 1.807) is 0 Å². The first-order valence-corrected chi connectivity index (χ1v) is 5.92. The molecule has 1 atom stereocenters. The largest absolute Gasteiger partial charge is 0.494 e. The van der Waals surface area contributed by atoms with E-state index >= 15 is 0 Å². The molecule has 0 bridgehead atoms. The number of hydrogen-bond donors (Lipinski definition) is 1. The molecule has 1 aromatic rings. The number of nitrogens with zero attached hydrogens (tertiary/aromatic N) is 1. The maximum atomic E-state index is 9.12. The molecule has 1 aromatic carbocycles. The quantitative estimate of drug-likeness (QED) is 0.843. The van der Waals surface area contributed by atoms with Crippen molar-refractivity contribution in [2.24, 2.45) is 5.92 Å². The van der Waals surface area contributed by atoms with Crippen LogP contribution in [0.25, 0.3) is 0 Å². The van der Waals surface area contributed by atoms with E-state index in [1.807, 2.05) is 19.1 Å². The highest BCUT2D eigenvalue weighted by Crippen LogP contribution is 2.26. The molecule has 16 heavy (non-hydrogen) atoms. The van der Waals surface area contributed by atoms with Gasteiger partial charge in [0.2, 0.25) is 0 Å². The highest BCUT2D eigenvalue weighted by molar-refractivity contribution is 5.51. The number of ether oxygens (including phenoxy) is 1. The lowest BCUT2D eigenvalue weighted by Crippen LogP contribution is -2.20. The number of rotatable bonds is 4. The van der Waals surface area contributed by atoms with Gasteiger partial charge in [-0.3, -0.25) is 0 Å². The van der Waals surface area contributed by atoms with E-state index in [4.69, 9.17) is 9.84 Å². The van der Waals surface area contributed by atoms with Gasteiger partial charge in [0.15, 0.2) is 0 Å². The Morgan fingerprint density at radius 3 is 3.06 bits per heavy atom. The van der Waals surface area contributed by atoms with Gasteiger partial charge < -0.3 is 14.7 Å². The van der Waals surface area contributed by atoms with Gasteiger partial charge in [0.25, 0.3) is 0 Å². The van der Waals surface area contributed by atoms with Crippen LogP contribution in [0.1, 0.15) is 13.3 Å². The summed E-state index contributed by atoms with van der Waals surface area (Å²) in [5.74, 6) is 1.35. The van der Waals surface area contributed by atoms with Crippen LogP contribution in [0.15, 0.2) is 24.3 Å². The number of anilines is 1. The zero-order chi connectivity index (χ0) is 11.4. The van der Waals surface area contributed by atoms with Gasteiger partial charge in [-0.2, -0.15) is 0 Å². The highest BCUT2D eigenvalue weighted by Gasteiger charge is 2.21. The van der Waals surface area contributed by atoms with Crippen LogP contribution in [0, 0.1) is 5.92 Å². The average molecular weight is 221 g/mol. The summed E-state index contributed by atoms with van der Waals surface area (Å²) in [5.41, 5.74) is 1.20. The molecule has 0 aromatic heterocycles. The molecular weight excluding hydrogens is 202 g/mol. The molecule has 0 unspecified atom stereocenters. The van der Waals surface area contributed by atoms with Crippen molar-refractivity contribution in [3.63, 3.8) is 0 Å². The maximum absolute atomic E-state index is 9.12. The molecule has 2 rings (SSSR count). The molecular formula is C13H19NO2. The normalized spacial score (nSPS) is 20.1. The Hall–Kier alpha value is -1.22. The number of hydrogen-bond acceptors (Lipinski definition) is 3. The van der Waals surface area contributed by atoms with Crippen LogP contribution < -0.4 is 9.64 Å². The molecule has 1 N–H and O–H groups in total. The molecule has 1 saturated heterocycles. The Bertz CT molecular complexity index is 340. The first-order valence-electron chi connectivity index (χ1n) is 5.92. The number of benzene rings is 1. The van der Waals surface area contributed by atoms with E-state index in [1.165, 1.54) is 5.69 Å². The van der Waals surface area contributed by atoms with Crippen LogP contribution >= 0.6 is 0 Å². The molecule has 0 amide bonds. The fourth-order valence-corrected chi connectivity index (χ4v) is 2.15. The van der Waals surface area contributed by atoms with Gasteiger partial charge in [-0.05, 0) is 25.5 Å². The van der Waals surface area contributed by atoms with Crippen LogP contribution in [-0.4, -0.2) is 31.4 Å². The van der Waals surface area contributed by atoms with Crippen molar-refractivity contribution in [1.82, 2.24) is 0 Å². The second-order valence-electron chi connectivity index (χ2n) is 4.21. The van der Waals surface area contributed by atoms with Crippen molar-refractivity contribution in [2.45, 2.75) is 13.3 Å². The van der Waals surface area contributed by atoms with Crippen molar-refractivity contribution in [1.29, 1.82) is 0 Å². The topological polar surface area (TPSA) is 32.7 Å².